The number of hydrogen-bond acceptors (Lipinski definition) is 3. The Morgan fingerprint density at radius 1 is 1.14 bits per heavy atom. The van der Waals surface area contributed by atoms with E-state index in [-0.39, 0.29) is 0 Å². The van der Waals surface area contributed by atoms with Gasteiger partial charge in [0.25, 0.3) is 0 Å². The van der Waals surface area contributed by atoms with E-state index in [1.54, 1.807) is 0 Å². The number of aryl methyl sites for hydroxylation is 1. The van der Waals surface area contributed by atoms with Gasteiger partial charge in [-0.05, 0) is 43.9 Å². The van der Waals surface area contributed by atoms with Crippen LogP contribution in [-0.4, -0.2) is 30.8 Å². The minimum Gasteiger partial charge on any atom is -0.378 e. The van der Waals surface area contributed by atoms with Crippen LogP contribution in [0.2, 0.25) is 0 Å². The summed E-state index contributed by atoms with van der Waals surface area (Å²) in [5.74, 6) is 0. The molecule has 0 aliphatic carbocycles. The molecule has 0 amide bonds. The summed E-state index contributed by atoms with van der Waals surface area (Å²) in [6, 6.07) is 14.8. The summed E-state index contributed by atoms with van der Waals surface area (Å²) in [5.41, 5.74) is 3.72. The third-order valence-electron chi connectivity index (χ3n) is 4.27. The van der Waals surface area contributed by atoms with Crippen LogP contribution >= 0.6 is 0 Å². The fourth-order valence-electron chi connectivity index (χ4n) is 3.00. The van der Waals surface area contributed by atoms with Crippen molar-refractivity contribution in [2.45, 2.75) is 32.3 Å². The highest BCUT2D eigenvalue weighted by atomic mass is 16.5. The van der Waals surface area contributed by atoms with Crippen LogP contribution in [0.15, 0.2) is 48.7 Å². The Kier molecular flexibility index (Phi) is 5.07. The zero-order valence-corrected chi connectivity index (χ0v) is 13.2. The first-order valence-electron chi connectivity index (χ1n) is 8.14. The van der Waals surface area contributed by atoms with E-state index in [0.717, 1.165) is 44.7 Å². The zero-order chi connectivity index (χ0) is 15.2. The number of rotatable bonds is 5. The summed E-state index contributed by atoms with van der Waals surface area (Å²) < 4.78 is 6.06. The Hall–Kier alpha value is -1.87. The average Bonchev–Trinajstić information content (AvgIpc) is 2.56. The number of pyridine rings is 1. The van der Waals surface area contributed by atoms with Gasteiger partial charge in [-0.1, -0.05) is 30.3 Å². The van der Waals surface area contributed by atoms with Gasteiger partial charge in [0.05, 0.1) is 12.7 Å². The van der Waals surface area contributed by atoms with Gasteiger partial charge in [0.2, 0.25) is 0 Å². The average molecular weight is 296 g/mol. The molecule has 1 aromatic heterocycles. The van der Waals surface area contributed by atoms with Gasteiger partial charge >= 0.3 is 0 Å². The van der Waals surface area contributed by atoms with E-state index in [9.17, 15) is 0 Å². The van der Waals surface area contributed by atoms with Gasteiger partial charge in [-0.3, -0.25) is 4.98 Å². The second-order valence-corrected chi connectivity index (χ2v) is 5.95. The molecule has 0 atom stereocenters. The molecule has 3 heteroatoms. The second-order valence-electron chi connectivity index (χ2n) is 5.95. The molecule has 3 nitrogen and oxygen atoms in total. The number of nitrogens with zero attached hydrogens (tertiary/aromatic N) is 2. The minimum atomic E-state index is 0.405. The maximum absolute atomic E-state index is 6.06. The summed E-state index contributed by atoms with van der Waals surface area (Å²) in [6.07, 6.45) is 5.52. The number of benzene rings is 1. The van der Waals surface area contributed by atoms with Gasteiger partial charge < -0.3 is 9.64 Å². The standard InChI is InChI=1S/C19H24N2O/c1-16-15-18(7-11-20-16)21-12-8-19(9-13-21)22-14-10-17-5-3-2-4-6-17/h2-7,11,15,19H,8-10,12-14H2,1H3. The maximum Gasteiger partial charge on any atom is 0.0609 e. The van der Waals surface area contributed by atoms with Crippen LogP contribution in [0.4, 0.5) is 5.69 Å². The molecule has 1 aliphatic rings. The van der Waals surface area contributed by atoms with Gasteiger partial charge in [-0.15, -0.1) is 0 Å². The molecule has 0 unspecified atom stereocenters. The van der Waals surface area contributed by atoms with Crippen molar-refractivity contribution in [1.82, 2.24) is 4.98 Å². The molecule has 2 aromatic rings. The number of piperidine rings is 1. The van der Waals surface area contributed by atoms with Crippen molar-refractivity contribution in [3.63, 3.8) is 0 Å². The Bertz CT molecular complexity index is 577. The van der Waals surface area contributed by atoms with Crippen LogP contribution in [0, 0.1) is 6.92 Å². The van der Waals surface area contributed by atoms with Crippen LogP contribution in [0.25, 0.3) is 0 Å². The monoisotopic (exact) mass is 296 g/mol. The molecule has 1 saturated heterocycles. The van der Waals surface area contributed by atoms with E-state index in [1.165, 1.54) is 11.3 Å². The quantitative estimate of drug-likeness (QED) is 0.842. The Labute approximate surface area is 132 Å². The second kappa shape index (κ2) is 7.41. The molecule has 0 radical (unpaired) electrons. The predicted octanol–water partition coefficient (Wildman–Crippen LogP) is 3.62. The smallest absolute Gasteiger partial charge is 0.0609 e. The summed E-state index contributed by atoms with van der Waals surface area (Å²) in [6.45, 7) is 5.00. The van der Waals surface area contributed by atoms with Crippen LogP contribution in [0.3, 0.4) is 0 Å². The van der Waals surface area contributed by atoms with Gasteiger partial charge in [0.15, 0.2) is 0 Å². The molecule has 0 N–H and O–H groups in total. The van der Waals surface area contributed by atoms with Gasteiger partial charge in [0, 0.05) is 30.7 Å². The molecule has 1 aromatic carbocycles. The van der Waals surface area contributed by atoms with Crippen molar-refractivity contribution >= 4 is 5.69 Å². The zero-order valence-electron chi connectivity index (χ0n) is 13.2. The first kappa shape index (κ1) is 15.0. The first-order chi connectivity index (χ1) is 10.8. The lowest BCUT2D eigenvalue weighted by Crippen LogP contribution is -2.37. The Morgan fingerprint density at radius 3 is 2.64 bits per heavy atom. The molecular formula is C19H24N2O. The van der Waals surface area contributed by atoms with Crippen molar-refractivity contribution in [2.24, 2.45) is 0 Å². The number of ether oxygens (including phenoxy) is 1. The van der Waals surface area contributed by atoms with Crippen molar-refractivity contribution < 1.29 is 4.74 Å². The van der Waals surface area contributed by atoms with Crippen molar-refractivity contribution in [2.75, 3.05) is 24.6 Å². The van der Waals surface area contributed by atoms with E-state index >= 15 is 0 Å². The van der Waals surface area contributed by atoms with Gasteiger partial charge in [-0.2, -0.15) is 0 Å². The highest BCUT2D eigenvalue weighted by Gasteiger charge is 2.19. The molecule has 1 fully saturated rings. The number of hydrogen-bond donors (Lipinski definition) is 0. The summed E-state index contributed by atoms with van der Waals surface area (Å²) in [4.78, 5) is 6.70. The van der Waals surface area contributed by atoms with E-state index in [1.807, 2.05) is 13.1 Å². The summed E-state index contributed by atoms with van der Waals surface area (Å²) >= 11 is 0. The molecule has 1 aliphatic heterocycles. The fourth-order valence-corrected chi connectivity index (χ4v) is 3.00. The SMILES string of the molecule is Cc1cc(N2CCC(OCCc3ccccc3)CC2)ccn1. The Morgan fingerprint density at radius 2 is 1.91 bits per heavy atom. The molecular weight excluding hydrogens is 272 g/mol. The fraction of sp³-hybridized carbons (Fsp3) is 0.421. The van der Waals surface area contributed by atoms with E-state index < -0.39 is 0 Å². The first-order valence-corrected chi connectivity index (χ1v) is 8.14. The van der Waals surface area contributed by atoms with Gasteiger partial charge in [0.1, 0.15) is 0 Å². The van der Waals surface area contributed by atoms with Crippen LogP contribution < -0.4 is 4.90 Å². The van der Waals surface area contributed by atoms with E-state index in [2.05, 4.69) is 52.3 Å². The Balaban J connectivity index is 1.42. The van der Waals surface area contributed by atoms with E-state index in [0.29, 0.717) is 6.10 Å². The molecule has 0 spiro atoms. The minimum absolute atomic E-state index is 0.405. The largest absolute Gasteiger partial charge is 0.378 e. The summed E-state index contributed by atoms with van der Waals surface area (Å²) in [7, 11) is 0. The highest BCUT2D eigenvalue weighted by molar-refractivity contribution is 5.46. The molecule has 3 rings (SSSR count). The van der Waals surface area contributed by atoms with Crippen molar-refractivity contribution in [3.05, 3.63) is 59.9 Å². The van der Waals surface area contributed by atoms with E-state index in [4.69, 9.17) is 4.74 Å². The number of anilines is 1. The van der Waals surface area contributed by atoms with Crippen LogP contribution in [-0.2, 0) is 11.2 Å². The van der Waals surface area contributed by atoms with Crippen LogP contribution in [0.5, 0.6) is 0 Å². The van der Waals surface area contributed by atoms with Crippen molar-refractivity contribution in [1.29, 1.82) is 0 Å². The molecule has 116 valence electrons. The molecule has 2 heterocycles. The topological polar surface area (TPSA) is 25.4 Å². The number of aromatic nitrogens is 1. The van der Waals surface area contributed by atoms with Gasteiger partial charge in [-0.25, -0.2) is 0 Å². The van der Waals surface area contributed by atoms with Crippen molar-refractivity contribution in [3.8, 4) is 0 Å². The third kappa shape index (κ3) is 4.08. The summed E-state index contributed by atoms with van der Waals surface area (Å²) in [5, 5.41) is 0. The van der Waals surface area contributed by atoms with Crippen LogP contribution in [0.1, 0.15) is 24.1 Å². The molecule has 0 bridgehead atoms. The normalized spacial score (nSPS) is 16.0. The molecule has 22 heavy (non-hydrogen) atoms. The lowest BCUT2D eigenvalue weighted by atomic mass is 10.1. The lowest BCUT2D eigenvalue weighted by molar-refractivity contribution is 0.0390. The predicted molar refractivity (Wildman–Crippen MR) is 90.3 cm³/mol. The third-order valence-corrected chi connectivity index (χ3v) is 4.27. The lowest BCUT2D eigenvalue weighted by Gasteiger charge is -2.33. The maximum atomic E-state index is 6.06. The highest BCUT2D eigenvalue weighted by Crippen LogP contribution is 2.21. The molecule has 0 saturated carbocycles.